The van der Waals surface area contributed by atoms with Gasteiger partial charge in [0.15, 0.2) is 0 Å². The Morgan fingerprint density at radius 1 is 1.53 bits per heavy atom. The molecule has 104 valence electrons. The van der Waals surface area contributed by atoms with Gasteiger partial charge in [-0.2, -0.15) is 0 Å². The number of rotatable bonds is 5. The number of hydrogen-bond acceptors (Lipinski definition) is 5. The first-order valence-electron chi connectivity index (χ1n) is 6.45. The van der Waals surface area contributed by atoms with Gasteiger partial charge in [-0.25, -0.2) is 9.97 Å². The second-order valence-electron chi connectivity index (χ2n) is 4.97. The Balaban J connectivity index is 1.95. The van der Waals surface area contributed by atoms with E-state index in [1.165, 1.54) is 0 Å². The molecule has 1 aromatic heterocycles. The Morgan fingerprint density at radius 2 is 2.32 bits per heavy atom. The van der Waals surface area contributed by atoms with Gasteiger partial charge in [0.05, 0.1) is 6.61 Å². The molecule has 1 atom stereocenters. The summed E-state index contributed by atoms with van der Waals surface area (Å²) in [6.45, 7) is 3.91. The van der Waals surface area contributed by atoms with Gasteiger partial charge in [-0.3, -0.25) is 4.79 Å². The van der Waals surface area contributed by atoms with Gasteiger partial charge in [0.2, 0.25) is 11.9 Å². The molecule has 0 radical (unpaired) electrons. The number of anilines is 1. The maximum atomic E-state index is 11.8. The molecular formula is C13H20N4O2. The topological polar surface area (TPSA) is 81.3 Å². The number of likely N-dealkylation sites (tertiary alicyclic amines) is 1. The number of nitrogens with zero attached hydrogens (tertiary/aromatic N) is 3. The number of carbonyl (C=O) groups excluding carboxylic acids is 1. The van der Waals surface area contributed by atoms with Gasteiger partial charge in [0.25, 0.3) is 0 Å². The monoisotopic (exact) mass is 264 g/mol. The van der Waals surface area contributed by atoms with Crippen LogP contribution < -0.4 is 5.73 Å². The van der Waals surface area contributed by atoms with Crippen LogP contribution in [-0.4, -0.2) is 47.6 Å². The molecule has 6 heteroatoms. The van der Waals surface area contributed by atoms with Gasteiger partial charge in [-0.15, -0.1) is 0 Å². The Hall–Kier alpha value is -1.69. The van der Waals surface area contributed by atoms with E-state index in [0.29, 0.717) is 31.4 Å². The number of hydrogen-bond donors (Lipinski definition) is 1. The summed E-state index contributed by atoms with van der Waals surface area (Å²) < 4.78 is 5.01. The van der Waals surface area contributed by atoms with Crippen molar-refractivity contribution in [2.45, 2.75) is 19.8 Å². The van der Waals surface area contributed by atoms with Gasteiger partial charge in [-0.05, 0) is 25.3 Å². The molecular weight excluding hydrogens is 244 g/mol. The zero-order valence-corrected chi connectivity index (χ0v) is 11.4. The van der Waals surface area contributed by atoms with Crippen molar-refractivity contribution in [2.24, 2.45) is 5.92 Å². The lowest BCUT2D eigenvalue weighted by atomic mass is 10.0. The van der Waals surface area contributed by atoms with E-state index in [1.54, 1.807) is 7.11 Å². The Kier molecular flexibility index (Phi) is 4.31. The fourth-order valence-corrected chi connectivity index (χ4v) is 2.47. The lowest BCUT2D eigenvalue weighted by molar-refractivity contribution is -0.128. The van der Waals surface area contributed by atoms with Crippen LogP contribution >= 0.6 is 0 Å². The zero-order chi connectivity index (χ0) is 13.8. The summed E-state index contributed by atoms with van der Waals surface area (Å²) in [6.07, 6.45) is 1.34. The highest BCUT2D eigenvalue weighted by Crippen LogP contribution is 2.21. The predicted molar refractivity (Wildman–Crippen MR) is 71.4 cm³/mol. The van der Waals surface area contributed by atoms with Crippen LogP contribution in [0.25, 0.3) is 0 Å². The standard InChI is InChI=1S/C13H20N4O2/c1-9-5-11(16-13(14)15-9)6-10-7-12(18)17(8-10)3-4-19-2/h5,10H,3-4,6-8H2,1-2H3,(H2,14,15,16)/t10-/m0/s1. The predicted octanol–water partition coefficient (Wildman–Crippen LogP) is 0.405. The minimum atomic E-state index is 0.195. The smallest absolute Gasteiger partial charge is 0.223 e. The second-order valence-corrected chi connectivity index (χ2v) is 4.97. The average molecular weight is 264 g/mol. The summed E-state index contributed by atoms with van der Waals surface area (Å²) in [6, 6.07) is 1.93. The molecule has 1 fully saturated rings. The van der Waals surface area contributed by atoms with Crippen molar-refractivity contribution >= 4 is 11.9 Å². The molecule has 0 spiro atoms. The highest BCUT2D eigenvalue weighted by Gasteiger charge is 2.29. The molecule has 2 N–H and O–H groups in total. The van der Waals surface area contributed by atoms with Crippen molar-refractivity contribution in [1.29, 1.82) is 0 Å². The highest BCUT2D eigenvalue weighted by molar-refractivity contribution is 5.78. The molecule has 19 heavy (non-hydrogen) atoms. The normalized spacial score (nSPS) is 19.2. The lowest BCUT2D eigenvalue weighted by Gasteiger charge is -2.15. The SMILES string of the molecule is COCCN1C[C@@H](Cc2cc(C)nc(N)n2)CC1=O. The minimum Gasteiger partial charge on any atom is -0.383 e. The van der Waals surface area contributed by atoms with E-state index in [-0.39, 0.29) is 5.91 Å². The number of ether oxygens (including phenoxy) is 1. The summed E-state index contributed by atoms with van der Waals surface area (Å²) in [4.78, 5) is 22.0. The number of methoxy groups -OCH3 is 1. The Bertz CT molecular complexity index is 444. The third-order valence-corrected chi connectivity index (χ3v) is 3.28. The molecule has 0 saturated carbocycles. The molecule has 1 aromatic rings. The van der Waals surface area contributed by atoms with E-state index >= 15 is 0 Å². The first-order valence-corrected chi connectivity index (χ1v) is 6.45. The summed E-state index contributed by atoms with van der Waals surface area (Å²) in [5.41, 5.74) is 7.42. The molecule has 0 aliphatic carbocycles. The maximum Gasteiger partial charge on any atom is 0.223 e. The zero-order valence-electron chi connectivity index (χ0n) is 11.4. The van der Waals surface area contributed by atoms with Crippen molar-refractivity contribution in [2.75, 3.05) is 32.5 Å². The van der Waals surface area contributed by atoms with E-state index in [9.17, 15) is 4.79 Å². The van der Waals surface area contributed by atoms with Gasteiger partial charge in [0, 0.05) is 38.0 Å². The van der Waals surface area contributed by atoms with E-state index in [4.69, 9.17) is 10.5 Å². The molecule has 1 aliphatic rings. The van der Waals surface area contributed by atoms with E-state index in [1.807, 2.05) is 17.9 Å². The fraction of sp³-hybridized carbons (Fsp3) is 0.615. The highest BCUT2D eigenvalue weighted by atomic mass is 16.5. The van der Waals surface area contributed by atoms with Crippen LogP contribution in [0.15, 0.2) is 6.07 Å². The largest absolute Gasteiger partial charge is 0.383 e. The molecule has 1 aliphatic heterocycles. The molecule has 0 unspecified atom stereocenters. The number of carbonyl (C=O) groups is 1. The van der Waals surface area contributed by atoms with Crippen molar-refractivity contribution in [1.82, 2.24) is 14.9 Å². The Morgan fingerprint density at radius 3 is 3.00 bits per heavy atom. The first kappa shape index (κ1) is 13.7. The maximum absolute atomic E-state index is 11.8. The summed E-state index contributed by atoms with van der Waals surface area (Å²) >= 11 is 0. The van der Waals surface area contributed by atoms with Gasteiger partial charge >= 0.3 is 0 Å². The van der Waals surface area contributed by atoms with Crippen LogP contribution in [0.4, 0.5) is 5.95 Å². The van der Waals surface area contributed by atoms with Gasteiger partial charge < -0.3 is 15.4 Å². The quantitative estimate of drug-likeness (QED) is 0.832. The third kappa shape index (κ3) is 3.64. The molecule has 0 bridgehead atoms. The van der Waals surface area contributed by atoms with Crippen molar-refractivity contribution in [3.8, 4) is 0 Å². The number of amides is 1. The molecule has 1 saturated heterocycles. The molecule has 2 rings (SSSR count). The van der Waals surface area contributed by atoms with E-state index in [0.717, 1.165) is 24.4 Å². The van der Waals surface area contributed by atoms with Crippen LogP contribution in [0.1, 0.15) is 17.8 Å². The van der Waals surface area contributed by atoms with Crippen LogP contribution in [-0.2, 0) is 16.0 Å². The first-order chi connectivity index (χ1) is 9.08. The lowest BCUT2D eigenvalue weighted by Crippen LogP contribution is -2.29. The fourth-order valence-electron chi connectivity index (χ4n) is 2.47. The van der Waals surface area contributed by atoms with Gasteiger partial charge in [0.1, 0.15) is 0 Å². The third-order valence-electron chi connectivity index (χ3n) is 3.28. The van der Waals surface area contributed by atoms with Gasteiger partial charge in [-0.1, -0.05) is 0 Å². The summed E-state index contributed by atoms with van der Waals surface area (Å²) in [7, 11) is 1.64. The van der Waals surface area contributed by atoms with E-state index in [2.05, 4.69) is 9.97 Å². The van der Waals surface area contributed by atoms with Crippen LogP contribution in [0.2, 0.25) is 0 Å². The number of nitrogens with two attached hydrogens (primary N) is 1. The van der Waals surface area contributed by atoms with Crippen LogP contribution in [0, 0.1) is 12.8 Å². The van der Waals surface area contributed by atoms with Crippen molar-refractivity contribution in [3.05, 3.63) is 17.5 Å². The number of aryl methyl sites for hydroxylation is 1. The minimum absolute atomic E-state index is 0.195. The number of aromatic nitrogens is 2. The second kappa shape index (κ2) is 5.97. The molecule has 1 amide bonds. The molecule has 2 heterocycles. The Labute approximate surface area is 113 Å². The van der Waals surface area contributed by atoms with E-state index < -0.39 is 0 Å². The molecule has 6 nitrogen and oxygen atoms in total. The number of nitrogen functional groups attached to an aromatic ring is 1. The van der Waals surface area contributed by atoms with Crippen molar-refractivity contribution in [3.63, 3.8) is 0 Å². The van der Waals surface area contributed by atoms with Crippen molar-refractivity contribution < 1.29 is 9.53 Å². The molecule has 0 aromatic carbocycles. The van der Waals surface area contributed by atoms with Crippen LogP contribution in [0.5, 0.6) is 0 Å². The summed E-state index contributed by atoms with van der Waals surface area (Å²) in [5.74, 6) is 0.800. The van der Waals surface area contributed by atoms with Crippen LogP contribution in [0.3, 0.4) is 0 Å². The average Bonchev–Trinajstić information content (AvgIpc) is 2.65. The summed E-state index contributed by atoms with van der Waals surface area (Å²) in [5, 5.41) is 0.